The average molecular weight is 325 g/mol. The Morgan fingerprint density at radius 3 is 2.68 bits per heavy atom. The minimum absolute atomic E-state index is 0.398. The highest BCUT2D eigenvalue weighted by Crippen LogP contribution is 2.55. The third kappa shape index (κ3) is 2.13. The number of benzene rings is 1. The van der Waals surface area contributed by atoms with E-state index < -0.39 is 17.7 Å². The molecule has 1 aliphatic carbocycles. The van der Waals surface area contributed by atoms with Crippen molar-refractivity contribution in [1.82, 2.24) is 0 Å². The summed E-state index contributed by atoms with van der Waals surface area (Å²) in [5.41, 5.74) is 0.465. The van der Waals surface area contributed by atoms with Crippen LogP contribution in [0.4, 0.5) is 0 Å². The molecule has 1 aromatic rings. The van der Waals surface area contributed by atoms with Gasteiger partial charge in [0.15, 0.2) is 11.9 Å². The fourth-order valence-corrected chi connectivity index (χ4v) is 4.33. The lowest BCUT2D eigenvalue weighted by Gasteiger charge is -2.49. The lowest BCUT2D eigenvalue weighted by molar-refractivity contribution is -0.558. The van der Waals surface area contributed by atoms with Gasteiger partial charge in [0.2, 0.25) is 5.79 Å². The Bertz CT molecular complexity index is 544. The summed E-state index contributed by atoms with van der Waals surface area (Å²) in [5.74, 6) is -0.476. The molecule has 0 amide bonds. The predicted octanol–water partition coefficient (Wildman–Crippen LogP) is 4.17. The summed E-state index contributed by atoms with van der Waals surface area (Å²) in [6, 6.07) is 7.57. The molecule has 2 bridgehead atoms. The molecule has 4 nitrogen and oxygen atoms in total. The van der Waals surface area contributed by atoms with Crippen molar-refractivity contribution in [2.75, 3.05) is 7.11 Å². The van der Waals surface area contributed by atoms with E-state index in [9.17, 15) is 0 Å². The lowest BCUT2D eigenvalue weighted by atomic mass is 9.73. The van der Waals surface area contributed by atoms with Crippen LogP contribution in [0.25, 0.3) is 0 Å². The number of ether oxygens (including phenoxy) is 2. The molecule has 4 atom stereocenters. The van der Waals surface area contributed by atoms with Crippen molar-refractivity contribution in [3.8, 4) is 0 Å². The van der Waals surface area contributed by atoms with Crippen molar-refractivity contribution < 1.29 is 19.2 Å². The van der Waals surface area contributed by atoms with Gasteiger partial charge < -0.3 is 9.47 Å². The van der Waals surface area contributed by atoms with Crippen LogP contribution in [0.3, 0.4) is 0 Å². The van der Waals surface area contributed by atoms with Gasteiger partial charge in [-0.1, -0.05) is 36.6 Å². The topological polar surface area (TPSA) is 36.9 Å². The van der Waals surface area contributed by atoms with Crippen LogP contribution in [-0.2, 0) is 25.0 Å². The number of rotatable bonds is 2. The average Bonchev–Trinajstić information content (AvgIpc) is 2.81. The van der Waals surface area contributed by atoms with Crippen LogP contribution in [0.2, 0.25) is 5.02 Å². The number of hydrogen-bond acceptors (Lipinski definition) is 4. The maximum absolute atomic E-state index is 6.32. The Hall–Kier alpha value is -0.650. The molecular formula is C17H21ClO4. The van der Waals surface area contributed by atoms with E-state index in [4.69, 9.17) is 30.8 Å². The summed E-state index contributed by atoms with van der Waals surface area (Å²) in [4.78, 5) is 11.9. The summed E-state index contributed by atoms with van der Waals surface area (Å²) in [6.45, 7) is 0. The van der Waals surface area contributed by atoms with Crippen LogP contribution in [0, 0.1) is 5.92 Å². The van der Waals surface area contributed by atoms with Gasteiger partial charge >= 0.3 is 0 Å². The van der Waals surface area contributed by atoms with Gasteiger partial charge in [0, 0.05) is 24.1 Å². The molecule has 1 saturated carbocycles. The van der Waals surface area contributed by atoms with Gasteiger partial charge in [-0.3, -0.25) is 0 Å². The monoisotopic (exact) mass is 324 g/mol. The molecule has 3 heterocycles. The molecule has 1 aromatic carbocycles. The number of hydrogen-bond donors (Lipinski definition) is 0. The van der Waals surface area contributed by atoms with E-state index >= 15 is 0 Å². The van der Waals surface area contributed by atoms with Crippen LogP contribution in [0.15, 0.2) is 24.3 Å². The first kappa shape index (κ1) is 14.9. The van der Waals surface area contributed by atoms with E-state index in [2.05, 4.69) is 0 Å². The molecule has 0 unspecified atom stereocenters. The van der Waals surface area contributed by atoms with E-state index in [-0.39, 0.29) is 0 Å². The molecular weight excluding hydrogens is 304 g/mol. The van der Waals surface area contributed by atoms with E-state index in [0.717, 1.165) is 37.7 Å². The summed E-state index contributed by atoms with van der Waals surface area (Å²) in [7, 11) is 1.69. The van der Waals surface area contributed by atoms with Crippen molar-refractivity contribution in [1.29, 1.82) is 0 Å². The summed E-state index contributed by atoms with van der Waals surface area (Å²) >= 11 is 6.00. The van der Waals surface area contributed by atoms with Crippen molar-refractivity contribution in [3.63, 3.8) is 0 Å². The zero-order valence-electron chi connectivity index (χ0n) is 12.7. The highest BCUT2D eigenvalue weighted by atomic mass is 35.5. The molecule has 1 spiro atoms. The number of methoxy groups -OCH3 is 1. The van der Waals surface area contributed by atoms with Gasteiger partial charge in [-0.05, 0) is 37.3 Å². The third-order valence-corrected chi connectivity index (χ3v) is 5.66. The van der Waals surface area contributed by atoms with E-state index in [0.29, 0.717) is 10.9 Å². The van der Waals surface area contributed by atoms with Crippen LogP contribution in [0.5, 0.6) is 0 Å². The number of fused-ring (bicyclic) bond motifs is 3. The quantitative estimate of drug-likeness (QED) is 0.765. The molecule has 5 rings (SSSR count). The van der Waals surface area contributed by atoms with Crippen LogP contribution in [0.1, 0.15) is 44.1 Å². The van der Waals surface area contributed by atoms with E-state index in [1.165, 1.54) is 6.42 Å². The number of halogens is 1. The van der Waals surface area contributed by atoms with Crippen LogP contribution >= 0.6 is 11.6 Å². The summed E-state index contributed by atoms with van der Waals surface area (Å²) in [6.07, 6.45) is 5.81. The van der Waals surface area contributed by atoms with E-state index in [1.54, 1.807) is 7.11 Å². The van der Waals surface area contributed by atoms with Gasteiger partial charge in [0.1, 0.15) is 0 Å². The zero-order chi connectivity index (χ0) is 15.2. The maximum Gasteiger partial charge on any atom is 0.230 e. The van der Waals surface area contributed by atoms with Crippen molar-refractivity contribution in [3.05, 3.63) is 34.9 Å². The second-order valence-corrected chi connectivity index (χ2v) is 6.98. The fourth-order valence-electron chi connectivity index (χ4n) is 4.20. The highest BCUT2D eigenvalue weighted by Gasteiger charge is 2.61. The van der Waals surface area contributed by atoms with Crippen LogP contribution in [-0.4, -0.2) is 19.0 Å². The fraction of sp³-hybridized carbons (Fsp3) is 0.647. The molecule has 0 N–H and O–H groups in total. The van der Waals surface area contributed by atoms with E-state index in [1.807, 2.05) is 24.3 Å². The third-order valence-electron chi connectivity index (χ3n) is 5.41. The molecule has 4 fully saturated rings. The van der Waals surface area contributed by atoms with Gasteiger partial charge in [-0.15, -0.1) is 0 Å². The van der Waals surface area contributed by atoms with Crippen molar-refractivity contribution >= 4 is 11.6 Å². The molecule has 5 heteroatoms. The first-order chi connectivity index (χ1) is 10.7. The lowest BCUT2D eigenvalue weighted by Crippen LogP contribution is -2.59. The second kappa shape index (κ2) is 5.46. The smallest absolute Gasteiger partial charge is 0.230 e. The normalized spacial score (nSPS) is 41.0. The Morgan fingerprint density at radius 1 is 1.09 bits per heavy atom. The Balaban J connectivity index is 1.73. The Labute approximate surface area is 135 Å². The standard InChI is InChI=1S/C17H21ClO4/c1-19-15-16-10-3-2-4-12(16)9-11-17(20-15,22-21-16)13-5-7-14(18)8-6-13/h5-8,12,15H,2-4,9-11H2,1H3/t12-,15+,16+,17+/m1/s1. The van der Waals surface area contributed by atoms with Gasteiger partial charge in [-0.25, -0.2) is 4.89 Å². The molecule has 0 radical (unpaired) electrons. The first-order valence-electron chi connectivity index (χ1n) is 8.02. The van der Waals surface area contributed by atoms with Gasteiger partial charge in [0.05, 0.1) is 0 Å². The predicted molar refractivity (Wildman–Crippen MR) is 81.1 cm³/mol. The molecule has 3 saturated heterocycles. The zero-order valence-corrected chi connectivity index (χ0v) is 13.5. The van der Waals surface area contributed by atoms with Crippen molar-refractivity contribution in [2.45, 2.75) is 56.2 Å². The molecule has 0 aromatic heterocycles. The summed E-state index contributed by atoms with van der Waals surface area (Å²) in [5, 5.41) is 0.693. The first-order valence-corrected chi connectivity index (χ1v) is 8.40. The van der Waals surface area contributed by atoms with Crippen LogP contribution < -0.4 is 0 Å². The highest BCUT2D eigenvalue weighted by molar-refractivity contribution is 6.30. The molecule has 3 aliphatic heterocycles. The molecule has 22 heavy (non-hydrogen) atoms. The summed E-state index contributed by atoms with van der Waals surface area (Å²) < 4.78 is 12.0. The largest absolute Gasteiger partial charge is 0.353 e. The second-order valence-electron chi connectivity index (χ2n) is 6.55. The Kier molecular flexibility index (Phi) is 3.70. The van der Waals surface area contributed by atoms with Gasteiger partial charge in [-0.2, -0.15) is 4.89 Å². The van der Waals surface area contributed by atoms with Gasteiger partial charge in [0.25, 0.3) is 0 Å². The molecule has 4 aliphatic rings. The SMILES string of the molecule is CO[C@H]1O[C@@]2(c3ccc(Cl)cc3)CC[C@H]3CCCC[C@]31OO2. The minimum atomic E-state index is -0.895. The van der Waals surface area contributed by atoms with Crippen molar-refractivity contribution in [2.24, 2.45) is 5.92 Å². The minimum Gasteiger partial charge on any atom is -0.353 e. The Morgan fingerprint density at radius 2 is 1.91 bits per heavy atom. The maximum atomic E-state index is 6.32. The molecule has 120 valence electrons.